The first kappa shape index (κ1) is 15.1. The Morgan fingerprint density at radius 2 is 2.20 bits per heavy atom. The van der Waals surface area contributed by atoms with Gasteiger partial charge < -0.3 is 15.6 Å². The lowest BCUT2D eigenvalue weighted by Crippen LogP contribution is -2.45. The summed E-state index contributed by atoms with van der Waals surface area (Å²) < 4.78 is 31.7. The molecule has 0 spiro atoms. The zero-order valence-electron chi connectivity index (χ0n) is 11.4. The fourth-order valence-electron chi connectivity index (χ4n) is 2.49. The lowest BCUT2D eigenvalue weighted by atomic mass is 10.1. The van der Waals surface area contributed by atoms with E-state index >= 15 is 0 Å². The highest BCUT2D eigenvalue weighted by Crippen LogP contribution is 2.30. The van der Waals surface area contributed by atoms with Gasteiger partial charge in [-0.3, -0.25) is 0 Å². The summed E-state index contributed by atoms with van der Waals surface area (Å²) in [6.07, 6.45) is 2.40. The van der Waals surface area contributed by atoms with Gasteiger partial charge >= 0.3 is 0 Å². The molecule has 0 amide bonds. The molecule has 3 N–H and O–H groups in total. The van der Waals surface area contributed by atoms with E-state index in [1.165, 1.54) is 23.5 Å². The van der Waals surface area contributed by atoms with Gasteiger partial charge in [0.15, 0.2) is 0 Å². The number of nitrogen functional groups attached to an aromatic ring is 1. The Labute approximate surface area is 119 Å². The Bertz CT molecular complexity index is 574. The average Bonchev–Trinajstić information content (AvgIpc) is 2.46. The Hall–Kier alpha value is -1.31. The molecule has 7 heteroatoms. The predicted molar refractivity (Wildman–Crippen MR) is 76.0 cm³/mol. The number of piperidine rings is 1. The number of sulfonamides is 1. The van der Waals surface area contributed by atoms with E-state index in [1.807, 2.05) is 0 Å². The number of nitrogens with two attached hydrogens (primary N) is 1. The van der Waals surface area contributed by atoms with E-state index in [-0.39, 0.29) is 23.2 Å². The van der Waals surface area contributed by atoms with Gasteiger partial charge in [-0.05, 0) is 25.0 Å². The maximum Gasteiger partial charge on any atom is 0.245 e. The van der Waals surface area contributed by atoms with Crippen LogP contribution in [0.25, 0.3) is 0 Å². The Kier molecular flexibility index (Phi) is 4.52. The second-order valence-corrected chi connectivity index (χ2v) is 6.71. The van der Waals surface area contributed by atoms with E-state index in [9.17, 15) is 13.5 Å². The van der Waals surface area contributed by atoms with Crippen molar-refractivity contribution < 1.29 is 18.3 Å². The predicted octanol–water partition coefficient (Wildman–Crippen LogP) is 0.813. The number of rotatable bonds is 4. The molecule has 1 saturated heterocycles. The van der Waals surface area contributed by atoms with Gasteiger partial charge in [0.2, 0.25) is 10.0 Å². The van der Waals surface area contributed by atoms with Crippen LogP contribution in [0.5, 0.6) is 5.75 Å². The molecule has 0 bridgehead atoms. The molecule has 20 heavy (non-hydrogen) atoms. The monoisotopic (exact) mass is 300 g/mol. The van der Waals surface area contributed by atoms with Crippen molar-refractivity contribution in [3.63, 3.8) is 0 Å². The number of hydrogen-bond acceptors (Lipinski definition) is 5. The molecule has 1 aliphatic heterocycles. The summed E-state index contributed by atoms with van der Waals surface area (Å²) in [7, 11) is -2.19. The minimum atomic E-state index is -3.69. The largest absolute Gasteiger partial charge is 0.497 e. The maximum atomic E-state index is 12.7. The molecule has 0 radical (unpaired) electrons. The van der Waals surface area contributed by atoms with Crippen molar-refractivity contribution >= 4 is 15.7 Å². The summed E-state index contributed by atoms with van der Waals surface area (Å²) in [5.41, 5.74) is 5.99. The zero-order chi connectivity index (χ0) is 14.8. The topological polar surface area (TPSA) is 92.9 Å². The molecule has 112 valence electrons. The fraction of sp³-hybridized carbons (Fsp3) is 0.538. The summed E-state index contributed by atoms with van der Waals surface area (Å²) in [6.45, 7) is 0.244. The van der Waals surface area contributed by atoms with Crippen molar-refractivity contribution in [1.29, 1.82) is 0 Å². The van der Waals surface area contributed by atoms with Crippen LogP contribution in [0.4, 0.5) is 5.69 Å². The molecule has 0 aliphatic carbocycles. The Morgan fingerprint density at radius 1 is 1.45 bits per heavy atom. The SMILES string of the molecule is COc1ccc(S(=O)(=O)N2CCCCC2CO)c(N)c1. The first-order valence-corrected chi connectivity index (χ1v) is 8.01. The van der Waals surface area contributed by atoms with Crippen molar-refractivity contribution in [2.75, 3.05) is 26.0 Å². The molecule has 1 aliphatic rings. The minimum Gasteiger partial charge on any atom is -0.497 e. The number of aliphatic hydroxyl groups excluding tert-OH is 1. The molecule has 1 aromatic carbocycles. The van der Waals surface area contributed by atoms with Crippen LogP contribution < -0.4 is 10.5 Å². The first-order chi connectivity index (χ1) is 9.50. The first-order valence-electron chi connectivity index (χ1n) is 6.57. The van der Waals surface area contributed by atoms with Gasteiger partial charge in [0, 0.05) is 18.7 Å². The van der Waals surface area contributed by atoms with E-state index < -0.39 is 10.0 Å². The van der Waals surface area contributed by atoms with Gasteiger partial charge in [0.05, 0.1) is 19.4 Å². The van der Waals surface area contributed by atoms with Gasteiger partial charge in [-0.1, -0.05) is 6.42 Å². The smallest absolute Gasteiger partial charge is 0.245 e. The van der Waals surface area contributed by atoms with Crippen molar-refractivity contribution in [2.45, 2.75) is 30.2 Å². The van der Waals surface area contributed by atoms with Crippen molar-refractivity contribution in [3.8, 4) is 5.75 Å². The number of methoxy groups -OCH3 is 1. The number of nitrogens with zero attached hydrogens (tertiary/aromatic N) is 1. The molecule has 1 aromatic rings. The molecule has 1 heterocycles. The van der Waals surface area contributed by atoms with Crippen LogP contribution in [0.3, 0.4) is 0 Å². The number of aliphatic hydroxyl groups is 1. The average molecular weight is 300 g/mol. The van der Waals surface area contributed by atoms with E-state index in [1.54, 1.807) is 6.07 Å². The van der Waals surface area contributed by atoms with Crippen molar-refractivity contribution in [3.05, 3.63) is 18.2 Å². The summed E-state index contributed by atoms with van der Waals surface area (Å²) in [5.74, 6) is 0.513. The van der Waals surface area contributed by atoms with Crippen molar-refractivity contribution in [1.82, 2.24) is 4.31 Å². The van der Waals surface area contributed by atoms with Gasteiger partial charge in [0.25, 0.3) is 0 Å². The normalized spacial score (nSPS) is 20.8. The highest BCUT2D eigenvalue weighted by atomic mass is 32.2. The number of benzene rings is 1. The molecule has 6 nitrogen and oxygen atoms in total. The fourth-order valence-corrected chi connectivity index (χ4v) is 4.27. The Balaban J connectivity index is 2.38. The van der Waals surface area contributed by atoms with Crippen LogP contribution in [0.2, 0.25) is 0 Å². The van der Waals surface area contributed by atoms with Crippen LogP contribution in [0, 0.1) is 0 Å². The van der Waals surface area contributed by atoms with E-state index in [0.717, 1.165) is 12.8 Å². The molecule has 0 aromatic heterocycles. The third-order valence-electron chi connectivity index (χ3n) is 3.59. The molecular weight excluding hydrogens is 280 g/mol. The standard InChI is InChI=1S/C13H20N2O4S/c1-19-11-5-6-13(12(14)8-11)20(17,18)15-7-3-2-4-10(15)9-16/h5-6,8,10,16H,2-4,7,9,14H2,1H3. The molecule has 1 unspecified atom stereocenters. The van der Waals surface area contributed by atoms with Gasteiger partial charge in [0.1, 0.15) is 10.6 Å². The van der Waals surface area contributed by atoms with Crippen LogP contribution >= 0.6 is 0 Å². The number of anilines is 1. The third kappa shape index (κ3) is 2.74. The lowest BCUT2D eigenvalue weighted by Gasteiger charge is -2.33. The zero-order valence-corrected chi connectivity index (χ0v) is 12.3. The van der Waals surface area contributed by atoms with Gasteiger partial charge in [-0.2, -0.15) is 4.31 Å². The van der Waals surface area contributed by atoms with E-state index in [4.69, 9.17) is 10.5 Å². The molecule has 0 saturated carbocycles. The van der Waals surface area contributed by atoms with Crippen LogP contribution in [0.15, 0.2) is 23.1 Å². The molecule has 1 atom stereocenters. The molecule has 2 rings (SSSR count). The van der Waals surface area contributed by atoms with Gasteiger partial charge in [-0.15, -0.1) is 0 Å². The van der Waals surface area contributed by atoms with Crippen LogP contribution in [0.1, 0.15) is 19.3 Å². The van der Waals surface area contributed by atoms with Gasteiger partial charge in [-0.25, -0.2) is 8.42 Å². The summed E-state index contributed by atoms with van der Waals surface area (Å²) >= 11 is 0. The minimum absolute atomic E-state index is 0.0682. The second kappa shape index (κ2) is 5.99. The van der Waals surface area contributed by atoms with E-state index in [2.05, 4.69) is 0 Å². The maximum absolute atomic E-state index is 12.7. The third-order valence-corrected chi connectivity index (χ3v) is 5.61. The molecular formula is C13H20N2O4S. The Morgan fingerprint density at radius 3 is 2.80 bits per heavy atom. The number of hydrogen-bond donors (Lipinski definition) is 2. The quantitative estimate of drug-likeness (QED) is 0.803. The van der Waals surface area contributed by atoms with Crippen molar-refractivity contribution in [2.24, 2.45) is 0 Å². The lowest BCUT2D eigenvalue weighted by molar-refractivity contribution is 0.155. The van der Waals surface area contributed by atoms with Crippen LogP contribution in [-0.2, 0) is 10.0 Å². The highest BCUT2D eigenvalue weighted by molar-refractivity contribution is 7.89. The summed E-state index contributed by atoms with van der Waals surface area (Å²) in [4.78, 5) is 0.0682. The van der Waals surface area contributed by atoms with E-state index in [0.29, 0.717) is 18.7 Å². The summed E-state index contributed by atoms with van der Waals surface area (Å²) in [5, 5.41) is 9.37. The molecule has 1 fully saturated rings. The number of ether oxygens (including phenoxy) is 1. The van der Waals surface area contributed by atoms with Crippen LogP contribution in [-0.4, -0.2) is 44.1 Å². The highest BCUT2D eigenvalue weighted by Gasteiger charge is 2.34. The second-order valence-electron chi connectivity index (χ2n) is 4.85. The summed E-state index contributed by atoms with van der Waals surface area (Å²) in [6, 6.07) is 4.15.